The van der Waals surface area contributed by atoms with Crippen LogP contribution in [0.1, 0.15) is 0 Å². The number of hydrogen-bond donors (Lipinski definition) is 1. The Labute approximate surface area is 189 Å². The van der Waals surface area contributed by atoms with Crippen LogP contribution in [0.3, 0.4) is 0 Å². The van der Waals surface area contributed by atoms with Crippen molar-refractivity contribution in [2.45, 2.75) is 4.90 Å². The van der Waals surface area contributed by atoms with E-state index in [1.807, 2.05) is 24.3 Å². The molecule has 0 saturated carbocycles. The number of sulfonamides is 1. The summed E-state index contributed by atoms with van der Waals surface area (Å²) >= 11 is 0. The molecule has 0 atom stereocenters. The number of benzene rings is 3. The first-order chi connectivity index (χ1) is 15.7. The van der Waals surface area contributed by atoms with Crippen molar-refractivity contribution in [3.63, 3.8) is 0 Å². The molecule has 3 aromatic rings. The maximum Gasteiger partial charge on any atom is 0.271 e. The molecular weight excluding hydrogens is 451 g/mol. The molecule has 172 valence electrons. The number of nitrogens with one attached hydrogen (secondary N) is 1. The van der Waals surface area contributed by atoms with E-state index in [4.69, 9.17) is 0 Å². The topological polar surface area (TPSA) is 113 Å². The Bertz CT molecular complexity index is 1320. The van der Waals surface area contributed by atoms with Gasteiger partial charge in [0.2, 0.25) is 15.9 Å². The third-order valence-electron chi connectivity index (χ3n) is 5.49. The van der Waals surface area contributed by atoms with E-state index in [1.54, 1.807) is 23.1 Å². The van der Waals surface area contributed by atoms with Crippen LogP contribution in [0.25, 0.3) is 10.8 Å². The Morgan fingerprint density at radius 3 is 2.39 bits per heavy atom. The van der Waals surface area contributed by atoms with Crippen LogP contribution < -0.4 is 5.32 Å². The predicted octanol–water partition coefficient (Wildman–Crippen LogP) is 2.83. The largest absolute Gasteiger partial charge is 0.322 e. The standard InChI is InChI=1S/C22H21FN4O5S/c23-20-8-6-18(27(29)30)14-21(20)24-22(28)15-25-9-11-26(12-10-25)33(31,32)19-7-5-16-3-1-2-4-17(16)13-19/h1-8,13-14H,9-12,15H2,(H,24,28). The zero-order valence-electron chi connectivity index (χ0n) is 17.5. The number of piperazine rings is 1. The van der Waals surface area contributed by atoms with Gasteiger partial charge in [-0.05, 0) is 29.0 Å². The van der Waals surface area contributed by atoms with E-state index in [9.17, 15) is 27.7 Å². The summed E-state index contributed by atoms with van der Waals surface area (Å²) in [6.45, 7) is 0.947. The molecule has 11 heteroatoms. The predicted molar refractivity (Wildman–Crippen MR) is 121 cm³/mol. The van der Waals surface area contributed by atoms with E-state index in [1.165, 1.54) is 4.31 Å². The van der Waals surface area contributed by atoms with Gasteiger partial charge >= 0.3 is 0 Å². The zero-order chi connectivity index (χ0) is 23.6. The van der Waals surface area contributed by atoms with Crippen LogP contribution in [0.4, 0.5) is 15.8 Å². The maximum absolute atomic E-state index is 13.9. The SMILES string of the molecule is O=C(CN1CCN(S(=O)(=O)c2ccc3ccccc3c2)CC1)Nc1cc([N+](=O)[O-])ccc1F. The molecule has 1 saturated heterocycles. The summed E-state index contributed by atoms with van der Waals surface area (Å²) in [5.74, 6) is -1.32. The van der Waals surface area contributed by atoms with Crippen LogP contribution >= 0.6 is 0 Å². The number of rotatable bonds is 6. The minimum Gasteiger partial charge on any atom is -0.322 e. The number of fused-ring (bicyclic) bond motifs is 1. The molecule has 3 aromatic carbocycles. The molecule has 0 aliphatic carbocycles. The molecule has 1 aliphatic rings. The molecule has 9 nitrogen and oxygen atoms in total. The highest BCUT2D eigenvalue weighted by Gasteiger charge is 2.29. The van der Waals surface area contributed by atoms with Crippen molar-refractivity contribution in [3.8, 4) is 0 Å². The molecule has 1 amide bonds. The fraction of sp³-hybridized carbons (Fsp3) is 0.227. The lowest BCUT2D eigenvalue weighted by atomic mass is 10.1. The average Bonchev–Trinajstić information content (AvgIpc) is 2.80. The zero-order valence-corrected chi connectivity index (χ0v) is 18.3. The first-order valence-corrected chi connectivity index (χ1v) is 11.6. The number of halogens is 1. The monoisotopic (exact) mass is 472 g/mol. The van der Waals surface area contributed by atoms with Gasteiger partial charge in [-0.2, -0.15) is 4.31 Å². The number of carbonyl (C=O) groups is 1. The summed E-state index contributed by atoms with van der Waals surface area (Å²) in [7, 11) is -3.68. The molecule has 0 spiro atoms. The number of carbonyl (C=O) groups excluding carboxylic acids is 1. The molecule has 1 N–H and O–H groups in total. The Hall–Kier alpha value is -3.41. The highest BCUT2D eigenvalue weighted by atomic mass is 32.2. The molecule has 0 unspecified atom stereocenters. The lowest BCUT2D eigenvalue weighted by molar-refractivity contribution is -0.384. The molecule has 0 bridgehead atoms. The number of amides is 1. The number of nitrogens with zero attached hydrogens (tertiary/aromatic N) is 3. The van der Waals surface area contributed by atoms with Crippen LogP contribution in [0.5, 0.6) is 0 Å². The Morgan fingerprint density at radius 2 is 1.70 bits per heavy atom. The van der Waals surface area contributed by atoms with Gasteiger partial charge in [0.05, 0.1) is 22.1 Å². The third kappa shape index (κ3) is 5.00. The van der Waals surface area contributed by atoms with Crippen LogP contribution in [-0.2, 0) is 14.8 Å². The van der Waals surface area contributed by atoms with Crippen LogP contribution in [0.2, 0.25) is 0 Å². The summed E-state index contributed by atoms with van der Waals surface area (Å²) < 4.78 is 41.4. The number of nitro groups is 1. The number of anilines is 1. The molecule has 4 rings (SSSR count). The summed E-state index contributed by atoms with van der Waals surface area (Å²) in [5, 5.41) is 15.0. The van der Waals surface area contributed by atoms with E-state index >= 15 is 0 Å². The number of nitro benzene ring substituents is 1. The Balaban J connectivity index is 1.37. The van der Waals surface area contributed by atoms with E-state index in [-0.39, 0.29) is 35.9 Å². The van der Waals surface area contributed by atoms with Crippen LogP contribution in [-0.4, -0.2) is 61.2 Å². The molecule has 1 aliphatic heterocycles. The minimum atomic E-state index is -3.68. The molecular formula is C22H21FN4O5S. The quantitative estimate of drug-likeness (QED) is 0.436. The van der Waals surface area contributed by atoms with Crippen LogP contribution in [0, 0.1) is 15.9 Å². The highest BCUT2D eigenvalue weighted by Crippen LogP contribution is 2.23. The van der Waals surface area contributed by atoms with Crippen molar-refractivity contribution in [1.82, 2.24) is 9.21 Å². The van der Waals surface area contributed by atoms with E-state index < -0.39 is 26.7 Å². The van der Waals surface area contributed by atoms with Gasteiger partial charge < -0.3 is 5.32 Å². The van der Waals surface area contributed by atoms with Gasteiger partial charge in [0.25, 0.3) is 5.69 Å². The van der Waals surface area contributed by atoms with Crippen molar-refractivity contribution in [3.05, 3.63) is 76.6 Å². The smallest absolute Gasteiger partial charge is 0.271 e. The van der Waals surface area contributed by atoms with Gasteiger partial charge in [0.15, 0.2) is 0 Å². The second-order valence-electron chi connectivity index (χ2n) is 7.66. The van der Waals surface area contributed by atoms with Crippen molar-refractivity contribution in [2.24, 2.45) is 0 Å². The fourth-order valence-corrected chi connectivity index (χ4v) is 5.18. The molecule has 0 aromatic heterocycles. The van der Waals surface area contributed by atoms with Gasteiger partial charge in [-0.25, -0.2) is 12.8 Å². The van der Waals surface area contributed by atoms with Crippen molar-refractivity contribution >= 4 is 38.1 Å². The van der Waals surface area contributed by atoms with Gasteiger partial charge in [-0.1, -0.05) is 30.3 Å². The number of non-ortho nitro benzene ring substituents is 1. The molecule has 33 heavy (non-hydrogen) atoms. The van der Waals surface area contributed by atoms with Gasteiger partial charge in [0, 0.05) is 38.3 Å². The van der Waals surface area contributed by atoms with Crippen molar-refractivity contribution < 1.29 is 22.5 Å². The molecule has 0 radical (unpaired) electrons. The average molecular weight is 472 g/mol. The summed E-state index contributed by atoms with van der Waals surface area (Å²) in [6.07, 6.45) is 0. The second-order valence-corrected chi connectivity index (χ2v) is 9.60. The fourth-order valence-electron chi connectivity index (χ4n) is 3.72. The summed E-state index contributed by atoms with van der Waals surface area (Å²) in [5.41, 5.74) is -0.606. The van der Waals surface area contributed by atoms with E-state index in [0.29, 0.717) is 13.1 Å². The van der Waals surface area contributed by atoms with Gasteiger partial charge in [0.1, 0.15) is 5.82 Å². The summed E-state index contributed by atoms with van der Waals surface area (Å²) in [6, 6.07) is 15.4. The Kier molecular flexibility index (Phi) is 6.36. The van der Waals surface area contributed by atoms with Crippen LogP contribution in [0.15, 0.2) is 65.6 Å². The first kappa shape index (κ1) is 22.8. The first-order valence-electron chi connectivity index (χ1n) is 10.2. The van der Waals surface area contributed by atoms with Crippen molar-refractivity contribution in [1.29, 1.82) is 0 Å². The van der Waals surface area contributed by atoms with E-state index in [0.717, 1.165) is 29.0 Å². The Morgan fingerprint density at radius 1 is 1.00 bits per heavy atom. The minimum absolute atomic E-state index is 0.0913. The number of hydrogen-bond acceptors (Lipinski definition) is 6. The maximum atomic E-state index is 13.9. The third-order valence-corrected chi connectivity index (χ3v) is 7.39. The highest BCUT2D eigenvalue weighted by molar-refractivity contribution is 7.89. The molecule has 1 heterocycles. The van der Waals surface area contributed by atoms with Crippen molar-refractivity contribution in [2.75, 3.05) is 38.0 Å². The lowest BCUT2D eigenvalue weighted by Gasteiger charge is -2.33. The molecule has 1 fully saturated rings. The van der Waals surface area contributed by atoms with Gasteiger partial charge in [-0.3, -0.25) is 19.8 Å². The normalized spacial score (nSPS) is 15.4. The lowest BCUT2D eigenvalue weighted by Crippen LogP contribution is -2.50. The summed E-state index contributed by atoms with van der Waals surface area (Å²) in [4.78, 5) is 24.5. The van der Waals surface area contributed by atoms with E-state index in [2.05, 4.69) is 5.32 Å². The second kappa shape index (κ2) is 9.22. The van der Waals surface area contributed by atoms with Gasteiger partial charge in [-0.15, -0.1) is 0 Å².